The monoisotopic (exact) mass is 413 g/mol. The number of hydrogen-bond donors (Lipinski definition) is 2. The first kappa shape index (κ1) is 21.2. The third kappa shape index (κ3) is 6.49. The van der Waals surface area contributed by atoms with E-state index in [-0.39, 0.29) is 12.1 Å². The first-order valence-electron chi connectivity index (χ1n) is 9.40. The van der Waals surface area contributed by atoms with E-state index in [1.54, 1.807) is 12.3 Å². The molecule has 2 N–H and O–H groups in total. The van der Waals surface area contributed by atoms with Crippen molar-refractivity contribution in [3.63, 3.8) is 0 Å². The summed E-state index contributed by atoms with van der Waals surface area (Å²) in [5.41, 5.74) is -1.10. The number of ether oxygens (including phenoxy) is 1. The molecule has 2 aromatic rings. The topological polar surface area (TPSA) is 58.8 Å². The minimum atomic E-state index is -4.64. The minimum Gasteiger partial charge on any atom is -0.469 e. The maximum Gasteiger partial charge on any atom is 0.416 e. The zero-order valence-corrected chi connectivity index (χ0v) is 15.8. The van der Waals surface area contributed by atoms with Crippen LogP contribution < -0.4 is 10.6 Å². The molecular weight excluding hydrogens is 390 g/mol. The number of furan rings is 1. The molecule has 1 aromatic heterocycles. The lowest BCUT2D eigenvalue weighted by Crippen LogP contribution is -2.41. The highest BCUT2D eigenvalue weighted by Crippen LogP contribution is 2.32. The number of halogens is 4. The molecule has 3 rings (SSSR count). The van der Waals surface area contributed by atoms with Crippen LogP contribution in [0.4, 0.5) is 17.6 Å². The van der Waals surface area contributed by atoms with Gasteiger partial charge in [-0.3, -0.25) is 0 Å². The summed E-state index contributed by atoms with van der Waals surface area (Å²) in [6.45, 7) is 2.21. The van der Waals surface area contributed by atoms with Crippen molar-refractivity contribution in [3.05, 3.63) is 59.3 Å². The first-order chi connectivity index (χ1) is 13.9. The Morgan fingerprint density at radius 1 is 1.21 bits per heavy atom. The van der Waals surface area contributed by atoms with Crippen LogP contribution in [0.1, 0.15) is 23.3 Å². The number of nitrogens with one attached hydrogen (secondary N) is 2. The molecule has 1 fully saturated rings. The molecule has 1 saturated heterocycles. The molecular formula is C20H23F4N3O2. The summed E-state index contributed by atoms with van der Waals surface area (Å²) >= 11 is 0. The largest absolute Gasteiger partial charge is 0.469 e. The second-order valence-electron chi connectivity index (χ2n) is 6.83. The summed E-state index contributed by atoms with van der Waals surface area (Å²) in [7, 11) is 0. The molecule has 0 radical (unpaired) electrons. The van der Waals surface area contributed by atoms with Gasteiger partial charge in [0.25, 0.3) is 0 Å². The van der Waals surface area contributed by atoms with Crippen LogP contribution in [0.5, 0.6) is 0 Å². The summed E-state index contributed by atoms with van der Waals surface area (Å²) in [4.78, 5) is 4.28. The van der Waals surface area contributed by atoms with Crippen LogP contribution in [0.2, 0.25) is 0 Å². The average Bonchev–Trinajstić information content (AvgIpc) is 3.37. The van der Waals surface area contributed by atoms with Gasteiger partial charge in [-0.2, -0.15) is 13.2 Å². The van der Waals surface area contributed by atoms with Crippen molar-refractivity contribution in [2.24, 2.45) is 10.9 Å². The normalized spacial score (nSPS) is 17.5. The lowest BCUT2D eigenvalue weighted by molar-refractivity contribution is -0.138. The molecule has 0 bridgehead atoms. The lowest BCUT2D eigenvalue weighted by atomic mass is 10.1. The summed E-state index contributed by atoms with van der Waals surface area (Å²) < 4.78 is 63.5. The quantitative estimate of drug-likeness (QED) is 0.412. The van der Waals surface area contributed by atoms with Gasteiger partial charge >= 0.3 is 6.18 Å². The van der Waals surface area contributed by atoms with Gasteiger partial charge in [0.15, 0.2) is 5.96 Å². The molecule has 1 aliphatic heterocycles. The first-order valence-corrected chi connectivity index (χ1v) is 9.40. The van der Waals surface area contributed by atoms with Gasteiger partial charge in [0, 0.05) is 32.0 Å². The smallest absolute Gasteiger partial charge is 0.416 e. The number of alkyl halides is 3. The molecule has 29 heavy (non-hydrogen) atoms. The van der Waals surface area contributed by atoms with Crippen molar-refractivity contribution in [2.75, 3.05) is 26.3 Å². The Kier molecular flexibility index (Phi) is 7.13. The predicted octanol–water partition coefficient (Wildman–Crippen LogP) is 3.75. The summed E-state index contributed by atoms with van der Waals surface area (Å²) in [5, 5.41) is 6.26. The molecule has 0 saturated carbocycles. The second kappa shape index (κ2) is 9.78. The fourth-order valence-corrected chi connectivity index (χ4v) is 3.03. The number of guanidine groups is 1. The van der Waals surface area contributed by atoms with Crippen molar-refractivity contribution in [1.82, 2.24) is 10.6 Å². The van der Waals surface area contributed by atoms with Crippen molar-refractivity contribution in [2.45, 2.75) is 25.6 Å². The van der Waals surface area contributed by atoms with E-state index in [1.165, 1.54) is 0 Å². The highest BCUT2D eigenvalue weighted by Gasteiger charge is 2.33. The van der Waals surface area contributed by atoms with Crippen molar-refractivity contribution in [1.29, 1.82) is 0 Å². The average molecular weight is 413 g/mol. The van der Waals surface area contributed by atoms with E-state index in [9.17, 15) is 17.6 Å². The minimum absolute atomic E-state index is 0.0877. The molecule has 1 atom stereocenters. The standard InChI is InChI=1S/C20H23F4N3O2/c21-16-4-3-15(18(10-16)20(22,23)24)12-27-19(26-11-14-6-9-28-13-14)25-7-5-17-2-1-8-29-17/h1-4,8,10,14H,5-7,9,11-13H2,(H2,25,26,27). The van der Waals surface area contributed by atoms with E-state index in [1.807, 2.05) is 6.07 Å². The molecule has 1 unspecified atom stereocenters. The number of rotatable bonds is 7. The van der Waals surface area contributed by atoms with Gasteiger partial charge < -0.3 is 19.8 Å². The third-order valence-corrected chi connectivity index (χ3v) is 4.61. The number of benzene rings is 1. The maximum atomic E-state index is 13.3. The molecule has 2 heterocycles. The van der Waals surface area contributed by atoms with Crippen LogP contribution in [0, 0.1) is 11.7 Å². The summed E-state index contributed by atoms with van der Waals surface area (Å²) in [6, 6.07) is 6.25. The zero-order valence-electron chi connectivity index (χ0n) is 15.8. The Morgan fingerprint density at radius 3 is 2.76 bits per heavy atom. The Labute approximate surface area is 166 Å². The summed E-state index contributed by atoms with van der Waals surface area (Å²) in [6.07, 6.45) is -1.54. The van der Waals surface area contributed by atoms with Gasteiger partial charge in [-0.15, -0.1) is 0 Å². The van der Waals surface area contributed by atoms with Crippen molar-refractivity contribution < 1.29 is 26.7 Å². The third-order valence-electron chi connectivity index (χ3n) is 4.61. The van der Waals surface area contributed by atoms with Crippen molar-refractivity contribution >= 4 is 5.96 Å². The van der Waals surface area contributed by atoms with E-state index in [0.717, 1.165) is 24.3 Å². The van der Waals surface area contributed by atoms with Gasteiger partial charge in [0.2, 0.25) is 0 Å². The number of nitrogens with zero attached hydrogens (tertiary/aromatic N) is 1. The molecule has 5 nitrogen and oxygen atoms in total. The molecule has 0 spiro atoms. The van der Waals surface area contributed by atoms with Crippen LogP contribution in [0.15, 0.2) is 46.0 Å². The van der Waals surface area contributed by atoms with Crippen LogP contribution in [-0.2, 0) is 23.9 Å². The zero-order chi connectivity index (χ0) is 20.7. The van der Waals surface area contributed by atoms with Gasteiger partial charge in [-0.25, -0.2) is 9.38 Å². The van der Waals surface area contributed by atoms with E-state index < -0.39 is 17.6 Å². The number of hydrogen-bond acceptors (Lipinski definition) is 3. The van der Waals surface area contributed by atoms with Crippen molar-refractivity contribution in [3.8, 4) is 0 Å². The Hall–Kier alpha value is -2.55. The Morgan fingerprint density at radius 2 is 2.07 bits per heavy atom. The second-order valence-corrected chi connectivity index (χ2v) is 6.83. The maximum absolute atomic E-state index is 13.3. The van der Waals surface area contributed by atoms with E-state index in [2.05, 4.69) is 15.6 Å². The van der Waals surface area contributed by atoms with Crippen LogP contribution in [0.3, 0.4) is 0 Å². The predicted molar refractivity (Wildman–Crippen MR) is 99.9 cm³/mol. The van der Waals surface area contributed by atoms with Crippen LogP contribution in [0.25, 0.3) is 0 Å². The van der Waals surface area contributed by atoms with Gasteiger partial charge in [0.1, 0.15) is 11.6 Å². The highest BCUT2D eigenvalue weighted by molar-refractivity contribution is 5.79. The Balaban J connectivity index is 1.67. The highest BCUT2D eigenvalue weighted by atomic mass is 19.4. The SMILES string of the molecule is Fc1ccc(CN=C(NCCc2ccco2)NCC2CCOC2)c(C(F)(F)F)c1. The van der Waals surface area contributed by atoms with Gasteiger partial charge in [0.05, 0.1) is 25.0 Å². The van der Waals surface area contributed by atoms with E-state index >= 15 is 0 Å². The lowest BCUT2D eigenvalue weighted by Gasteiger charge is -2.16. The van der Waals surface area contributed by atoms with Gasteiger partial charge in [-0.05, 0) is 36.2 Å². The number of aliphatic imine (C=N–C) groups is 1. The Bertz CT molecular complexity index is 801. The molecule has 9 heteroatoms. The molecule has 0 aliphatic carbocycles. The van der Waals surface area contributed by atoms with E-state index in [4.69, 9.17) is 9.15 Å². The fraction of sp³-hybridized carbons (Fsp3) is 0.450. The summed E-state index contributed by atoms with van der Waals surface area (Å²) in [5.74, 6) is 0.574. The molecule has 158 valence electrons. The van der Waals surface area contributed by atoms with E-state index in [0.29, 0.717) is 50.7 Å². The van der Waals surface area contributed by atoms with Crippen LogP contribution >= 0.6 is 0 Å². The van der Waals surface area contributed by atoms with Gasteiger partial charge in [-0.1, -0.05) is 6.07 Å². The molecule has 1 aliphatic rings. The molecule has 0 amide bonds. The molecule has 1 aromatic carbocycles. The fourth-order valence-electron chi connectivity index (χ4n) is 3.03. The van der Waals surface area contributed by atoms with Crippen LogP contribution in [-0.4, -0.2) is 32.3 Å².